The fourth-order valence-electron chi connectivity index (χ4n) is 1.27. The summed E-state index contributed by atoms with van der Waals surface area (Å²) < 4.78 is 0. The van der Waals surface area contributed by atoms with Gasteiger partial charge in [0.1, 0.15) is 11.4 Å². The van der Waals surface area contributed by atoms with Crippen LogP contribution in [0.5, 0.6) is 0 Å². The number of benzene rings is 1. The minimum absolute atomic E-state index is 0.0493. The molecule has 0 unspecified atom stereocenters. The number of hydrogen-bond acceptors (Lipinski definition) is 4. The van der Waals surface area contributed by atoms with Gasteiger partial charge in [0.05, 0.1) is 4.92 Å². The Kier molecular flexibility index (Phi) is 3.37. The number of nitrogens with two attached hydrogens (primary N) is 1. The Morgan fingerprint density at radius 3 is 2.56 bits per heavy atom. The monoisotopic (exact) mass is 223 g/mol. The predicted octanol–water partition coefficient (Wildman–Crippen LogP) is 2.63. The smallest absolute Gasteiger partial charge is 0.314 e. The van der Waals surface area contributed by atoms with Crippen LogP contribution in [0.15, 0.2) is 18.2 Å². The lowest BCUT2D eigenvalue weighted by Gasteiger charge is -2.19. The number of rotatable bonds is 3. The molecule has 0 amide bonds. The van der Waals surface area contributed by atoms with Crippen molar-refractivity contribution in [1.29, 1.82) is 0 Å². The first-order chi connectivity index (χ1) is 7.31. The highest BCUT2D eigenvalue weighted by molar-refractivity contribution is 5.74. The van der Waals surface area contributed by atoms with E-state index in [1.165, 1.54) is 6.07 Å². The van der Waals surface area contributed by atoms with Gasteiger partial charge in [0, 0.05) is 6.54 Å². The first-order valence-corrected chi connectivity index (χ1v) is 5.08. The molecule has 1 aromatic carbocycles. The molecule has 0 heterocycles. The Hall–Kier alpha value is -1.78. The van der Waals surface area contributed by atoms with Crippen LogP contribution in [0.25, 0.3) is 0 Å². The molecule has 3 N–H and O–H groups in total. The molecule has 1 aromatic rings. The molecule has 0 saturated carbocycles. The number of nitrogens with one attached hydrogen (secondary N) is 1. The second-order valence-corrected chi connectivity index (χ2v) is 4.91. The molecule has 0 atom stereocenters. The summed E-state index contributed by atoms with van der Waals surface area (Å²) in [6.45, 7) is 6.81. The Morgan fingerprint density at radius 2 is 2.06 bits per heavy atom. The lowest BCUT2D eigenvalue weighted by molar-refractivity contribution is -0.383. The molecule has 16 heavy (non-hydrogen) atoms. The van der Waals surface area contributed by atoms with Gasteiger partial charge < -0.3 is 11.1 Å². The molecule has 0 saturated heterocycles. The van der Waals surface area contributed by atoms with Gasteiger partial charge in [-0.15, -0.1) is 0 Å². The van der Waals surface area contributed by atoms with Crippen molar-refractivity contribution < 1.29 is 4.92 Å². The highest BCUT2D eigenvalue weighted by Gasteiger charge is 2.19. The van der Waals surface area contributed by atoms with E-state index in [4.69, 9.17) is 5.73 Å². The van der Waals surface area contributed by atoms with Crippen LogP contribution in [0.2, 0.25) is 0 Å². The minimum atomic E-state index is -0.458. The van der Waals surface area contributed by atoms with Crippen molar-refractivity contribution >= 4 is 17.1 Å². The number of anilines is 2. The summed E-state index contributed by atoms with van der Waals surface area (Å²) >= 11 is 0. The summed E-state index contributed by atoms with van der Waals surface area (Å²) in [5.74, 6) is 0. The molecule has 0 aliphatic heterocycles. The van der Waals surface area contributed by atoms with Gasteiger partial charge in [-0.1, -0.05) is 26.8 Å². The van der Waals surface area contributed by atoms with Gasteiger partial charge in [0.25, 0.3) is 0 Å². The van der Waals surface area contributed by atoms with E-state index >= 15 is 0 Å². The zero-order valence-corrected chi connectivity index (χ0v) is 9.78. The molecule has 0 fully saturated rings. The molecule has 0 aromatic heterocycles. The Bertz CT molecular complexity index is 397. The number of nitrogens with zero attached hydrogens (tertiary/aromatic N) is 1. The van der Waals surface area contributed by atoms with Crippen LogP contribution in [0.4, 0.5) is 17.1 Å². The summed E-state index contributed by atoms with van der Waals surface area (Å²) in [6.07, 6.45) is 0. The van der Waals surface area contributed by atoms with E-state index in [-0.39, 0.29) is 16.8 Å². The average Bonchev–Trinajstić information content (AvgIpc) is 2.12. The largest absolute Gasteiger partial charge is 0.393 e. The van der Waals surface area contributed by atoms with Gasteiger partial charge >= 0.3 is 5.69 Å². The third-order valence-corrected chi connectivity index (χ3v) is 2.06. The molecule has 5 heteroatoms. The van der Waals surface area contributed by atoms with E-state index in [1.54, 1.807) is 12.1 Å². The number of nitro benzene ring substituents is 1. The second-order valence-electron chi connectivity index (χ2n) is 4.91. The van der Waals surface area contributed by atoms with Crippen molar-refractivity contribution in [2.45, 2.75) is 20.8 Å². The van der Waals surface area contributed by atoms with Gasteiger partial charge in [-0.25, -0.2) is 0 Å². The fraction of sp³-hybridized carbons (Fsp3) is 0.455. The highest BCUT2D eigenvalue weighted by Crippen LogP contribution is 2.31. The van der Waals surface area contributed by atoms with Gasteiger partial charge in [0.15, 0.2) is 0 Å². The number of para-hydroxylation sites is 1. The maximum absolute atomic E-state index is 10.9. The number of nitro groups is 1. The maximum atomic E-state index is 10.9. The second kappa shape index (κ2) is 4.38. The van der Waals surface area contributed by atoms with E-state index in [0.717, 1.165) is 0 Å². The third kappa shape index (κ3) is 3.12. The lowest BCUT2D eigenvalue weighted by atomic mass is 9.97. The van der Waals surface area contributed by atoms with Gasteiger partial charge in [-0.05, 0) is 17.5 Å². The van der Waals surface area contributed by atoms with E-state index in [1.807, 2.05) is 0 Å². The van der Waals surface area contributed by atoms with Gasteiger partial charge in [0.2, 0.25) is 0 Å². The first-order valence-electron chi connectivity index (χ1n) is 5.08. The third-order valence-electron chi connectivity index (χ3n) is 2.06. The van der Waals surface area contributed by atoms with Crippen LogP contribution in [0, 0.1) is 15.5 Å². The SMILES string of the molecule is CC(C)(C)CNc1cccc(N)c1[N+](=O)[O-]. The molecule has 88 valence electrons. The standard InChI is InChI=1S/C11H17N3O2/c1-11(2,3)7-13-9-6-4-5-8(12)10(9)14(15)16/h4-6,13H,7,12H2,1-3H3. The summed E-state index contributed by atoms with van der Waals surface area (Å²) in [6, 6.07) is 4.90. The zero-order chi connectivity index (χ0) is 12.3. The topological polar surface area (TPSA) is 81.2 Å². The van der Waals surface area contributed by atoms with Crippen LogP contribution in [0.3, 0.4) is 0 Å². The van der Waals surface area contributed by atoms with Crippen molar-refractivity contribution in [3.05, 3.63) is 28.3 Å². The Labute approximate surface area is 94.8 Å². The highest BCUT2D eigenvalue weighted by atomic mass is 16.6. The fourth-order valence-corrected chi connectivity index (χ4v) is 1.27. The molecule has 0 bridgehead atoms. The zero-order valence-electron chi connectivity index (χ0n) is 9.78. The van der Waals surface area contributed by atoms with Gasteiger partial charge in [-0.2, -0.15) is 0 Å². The predicted molar refractivity (Wildman–Crippen MR) is 65.5 cm³/mol. The van der Waals surface area contributed by atoms with Crippen molar-refractivity contribution in [2.24, 2.45) is 5.41 Å². The quantitative estimate of drug-likeness (QED) is 0.469. The minimum Gasteiger partial charge on any atom is -0.393 e. The molecule has 0 aliphatic carbocycles. The first kappa shape index (κ1) is 12.3. The van der Waals surface area contributed by atoms with Gasteiger partial charge in [-0.3, -0.25) is 10.1 Å². The van der Waals surface area contributed by atoms with E-state index in [0.29, 0.717) is 12.2 Å². The molecule has 1 rings (SSSR count). The molecule has 0 aliphatic rings. The molecule has 0 radical (unpaired) electrons. The normalized spacial score (nSPS) is 11.2. The van der Waals surface area contributed by atoms with Crippen LogP contribution >= 0.6 is 0 Å². The number of nitrogen functional groups attached to an aromatic ring is 1. The number of hydrogen-bond donors (Lipinski definition) is 2. The summed E-state index contributed by atoms with van der Waals surface area (Å²) in [4.78, 5) is 10.4. The van der Waals surface area contributed by atoms with Crippen molar-refractivity contribution in [1.82, 2.24) is 0 Å². The van der Waals surface area contributed by atoms with Crippen LogP contribution in [0.1, 0.15) is 20.8 Å². The maximum Gasteiger partial charge on any atom is 0.314 e. The van der Waals surface area contributed by atoms with Crippen molar-refractivity contribution in [3.8, 4) is 0 Å². The van der Waals surface area contributed by atoms with E-state index in [9.17, 15) is 10.1 Å². The van der Waals surface area contributed by atoms with Crippen molar-refractivity contribution in [3.63, 3.8) is 0 Å². The van der Waals surface area contributed by atoms with E-state index < -0.39 is 4.92 Å². The molecular formula is C11H17N3O2. The van der Waals surface area contributed by atoms with Crippen LogP contribution in [-0.2, 0) is 0 Å². The molecule has 0 spiro atoms. The molecular weight excluding hydrogens is 206 g/mol. The Balaban J connectivity index is 2.96. The van der Waals surface area contributed by atoms with E-state index in [2.05, 4.69) is 26.1 Å². The summed E-state index contributed by atoms with van der Waals surface area (Å²) in [5.41, 5.74) is 6.24. The lowest BCUT2D eigenvalue weighted by Crippen LogP contribution is -2.19. The summed E-state index contributed by atoms with van der Waals surface area (Å²) in [5, 5.41) is 13.9. The van der Waals surface area contributed by atoms with Crippen molar-refractivity contribution in [2.75, 3.05) is 17.6 Å². The molecule has 5 nitrogen and oxygen atoms in total. The van der Waals surface area contributed by atoms with Crippen LogP contribution in [-0.4, -0.2) is 11.5 Å². The average molecular weight is 223 g/mol. The van der Waals surface area contributed by atoms with Crippen LogP contribution < -0.4 is 11.1 Å². The Morgan fingerprint density at radius 1 is 1.44 bits per heavy atom. The summed E-state index contributed by atoms with van der Waals surface area (Å²) in [7, 11) is 0.